The lowest BCUT2D eigenvalue weighted by Crippen LogP contribution is -2.34. The minimum absolute atomic E-state index is 0.104. The molecule has 2 heterocycles. The average Bonchev–Trinajstić information content (AvgIpc) is 3.13. The normalized spacial score (nSPS) is 16.6. The van der Waals surface area contributed by atoms with Gasteiger partial charge in [-0.05, 0) is 31.5 Å². The summed E-state index contributed by atoms with van der Waals surface area (Å²) in [5.74, 6) is 2.73. The summed E-state index contributed by atoms with van der Waals surface area (Å²) in [5.41, 5.74) is 3.23. The summed E-state index contributed by atoms with van der Waals surface area (Å²) in [6.07, 6.45) is 1.90. The van der Waals surface area contributed by atoms with Crippen LogP contribution in [0, 0.1) is 6.92 Å². The number of rotatable bonds is 5. The highest BCUT2D eigenvalue weighted by Gasteiger charge is 2.26. The zero-order valence-corrected chi connectivity index (χ0v) is 16.2. The number of nitrogens with zero attached hydrogens (tertiary/aromatic N) is 3. The second kappa shape index (κ2) is 7.84. The molecule has 0 saturated carbocycles. The highest BCUT2D eigenvalue weighted by Crippen LogP contribution is 2.26. The van der Waals surface area contributed by atoms with Crippen molar-refractivity contribution in [1.29, 1.82) is 0 Å². The predicted molar refractivity (Wildman–Crippen MR) is 107 cm³/mol. The van der Waals surface area contributed by atoms with Crippen molar-refractivity contribution in [1.82, 2.24) is 20.1 Å². The Morgan fingerprint density at radius 2 is 1.96 bits per heavy atom. The first-order valence-corrected chi connectivity index (χ1v) is 9.55. The van der Waals surface area contributed by atoms with Crippen LogP contribution in [0.5, 0.6) is 5.75 Å². The van der Waals surface area contributed by atoms with E-state index in [0.717, 1.165) is 35.1 Å². The quantitative estimate of drug-likeness (QED) is 0.743. The van der Waals surface area contributed by atoms with Crippen LogP contribution in [0.2, 0.25) is 0 Å². The Morgan fingerprint density at radius 1 is 1.18 bits per heavy atom. The number of aryl methyl sites for hydroxylation is 1. The van der Waals surface area contributed by atoms with E-state index in [9.17, 15) is 4.79 Å². The lowest BCUT2D eigenvalue weighted by Gasteiger charge is -2.22. The van der Waals surface area contributed by atoms with E-state index < -0.39 is 0 Å². The molecule has 1 aliphatic rings. The molecule has 1 aromatic heterocycles. The highest BCUT2D eigenvalue weighted by atomic mass is 16.5. The maximum atomic E-state index is 11.6. The first-order valence-electron chi connectivity index (χ1n) is 9.55. The zero-order valence-electron chi connectivity index (χ0n) is 16.2. The fourth-order valence-corrected chi connectivity index (χ4v) is 3.56. The van der Waals surface area contributed by atoms with Gasteiger partial charge in [-0.1, -0.05) is 35.9 Å². The molecule has 0 unspecified atom stereocenters. The smallest absolute Gasteiger partial charge is 0.220 e. The van der Waals surface area contributed by atoms with Gasteiger partial charge in [-0.2, -0.15) is 5.10 Å². The van der Waals surface area contributed by atoms with E-state index >= 15 is 0 Å². The van der Waals surface area contributed by atoms with Crippen molar-refractivity contribution in [2.45, 2.75) is 32.1 Å². The molecule has 3 aromatic rings. The van der Waals surface area contributed by atoms with Gasteiger partial charge in [0, 0.05) is 30.9 Å². The Labute approximate surface area is 164 Å². The lowest BCUT2D eigenvalue weighted by atomic mass is 9.98. The Kier molecular flexibility index (Phi) is 5.10. The minimum Gasteiger partial charge on any atom is -0.496 e. The molecular weight excluding hydrogens is 352 g/mol. The second-order valence-corrected chi connectivity index (χ2v) is 7.16. The number of para-hydroxylation sites is 1. The third-order valence-electron chi connectivity index (χ3n) is 5.13. The Bertz CT molecular complexity index is 968. The van der Waals surface area contributed by atoms with Crippen LogP contribution in [0.3, 0.4) is 0 Å². The van der Waals surface area contributed by atoms with Crippen LogP contribution in [0.15, 0.2) is 48.5 Å². The highest BCUT2D eigenvalue weighted by molar-refractivity contribution is 5.76. The molecule has 0 radical (unpaired) electrons. The summed E-state index contributed by atoms with van der Waals surface area (Å²) >= 11 is 0. The first kappa shape index (κ1) is 18.2. The fourth-order valence-electron chi connectivity index (χ4n) is 3.56. The maximum Gasteiger partial charge on any atom is 0.220 e. The number of benzene rings is 2. The van der Waals surface area contributed by atoms with E-state index in [0.29, 0.717) is 19.4 Å². The van der Waals surface area contributed by atoms with Crippen LogP contribution in [0.1, 0.15) is 41.5 Å². The summed E-state index contributed by atoms with van der Waals surface area (Å²) in [6, 6.07) is 16.2. The van der Waals surface area contributed by atoms with Crippen LogP contribution < -0.4 is 10.1 Å². The predicted octanol–water partition coefficient (Wildman–Crippen LogP) is 3.17. The molecule has 0 bridgehead atoms. The zero-order chi connectivity index (χ0) is 19.5. The largest absolute Gasteiger partial charge is 0.496 e. The van der Waals surface area contributed by atoms with Gasteiger partial charge < -0.3 is 10.1 Å². The number of amides is 1. The van der Waals surface area contributed by atoms with Crippen molar-refractivity contribution in [2.75, 3.05) is 13.7 Å². The summed E-state index contributed by atoms with van der Waals surface area (Å²) in [6.45, 7) is 2.66. The molecule has 0 aliphatic carbocycles. The molecule has 2 aromatic carbocycles. The van der Waals surface area contributed by atoms with Crippen molar-refractivity contribution in [2.24, 2.45) is 0 Å². The molecule has 0 spiro atoms. The van der Waals surface area contributed by atoms with E-state index in [2.05, 4.69) is 36.5 Å². The van der Waals surface area contributed by atoms with E-state index in [1.807, 2.05) is 28.9 Å². The van der Waals surface area contributed by atoms with Crippen LogP contribution in [-0.2, 0) is 11.2 Å². The van der Waals surface area contributed by atoms with Gasteiger partial charge in [-0.15, -0.1) is 0 Å². The van der Waals surface area contributed by atoms with Crippen molar-refractivity contribution < 1.29 is 9.53 Å². The number of methoxy groups -OCH3 is 1. The first-order chi connectivity index (χ1) is 13.6. The molecule has 28 heavy (non-hydrogen) atoms. The average molecular weight is 376 g/mol. The number of ether oxygens (including phenoxy) is 1. The number of nitrogens with one attached hydrogen (secondary N) is 1. The van der Waals surface area contributed by atoms with Gasteiger partial charge >= 0.3 is 0 Å². The molecule has 1 saturated heterocycles. The van der Waals surface area contributed by atoms with Crippen LogP contribution >= 0.6 is 0 Å². The molecule has 1 atom stereocenters. The molecule has 1 fully saturated rings. The van der Waals surface area contributed by atoms with Gasteiger partial charge in [0.15, 0.2) is 5.82 Å². The van der Waals surface area contributed by atoms with Crippen molar-refractivity contribution in [3.8, 4) is 11.4 Å². The topological polar surface area (TPSA) is 69.0 Å². The lowest BCUT2D eigenvalue weighted by molar-refractivity contribution is -0.122. The molecule has 1 N–H and O–H groups in total. The van der Waals surface area contributed by atoms with Crippen LogP contribution in [-0.4, -0.2) is 34.3 Å². The molecule has 1 aliphatic heterocycles. The van der Waals surface area contributed by atoms with Crippen molar-refractivity contribution in [3.63, 3.8) is 0 Å². The van der Waals surface area contributed by atoms with E-state index in [-0.39, 0.29) is 11.8 Å². The van der Waals surface area contributed by atoms with E-state index in [1.54, 1.807) is 7.11 Å². The van der Waals surface area contributed by atoms with E-state index in [4.69, 9.17) is 14.8 Å². The minimum atomic E-state index is 0.104. The number of aromatic nitrogens is 3. The van der Waals surface area contributed by atoms with Gasteiger partial charge in [-0.25, -0.2) is 9.67 Å². The monoisotopic (exact) mass is 376 g/mol. The molecular formula is C22H24N4O2. The third-order valence-corrected chi connectivity index (χ3v) is 5.13. The van der Waals surface area contributed by atoms with Crippen molar-refractivity contribution in [3.05, 3.63) is 71.3 Å². The number of piperidine rings is 1. The van der Waals surface area contributed by atoms with Gasteiger partial charge in [0.25, 0.3) is 0 Å². The fraction of sp³-hybridized carbons (Fsp3) is 0.318. The standard InChI is InChI=1S/C22H24N4O2/c1-15-7-10-18(11-8-15)26-22(17-9-12-21(27)23-14-17)24-20(25-26)13-16-5-3-4-6-19(16)28-2/h3-8,10-11,17H,9,12-14H2,1-2H3,(H,23,27)/t17-/m0/s1. The van der Waals surface area contributed by atoms with Crippen LogP contribution in [0.4, 0.5) is 0 Å². The number of hydrogen-bond donors (Lipinski definition) is 1. The molecule has 6 heteroatoms. The number of carbonyl (C=O) groups is 1. The molecule has 1 amide bonds. The summed E-state index contributed by atoms with van der Waals surface area (Å²) in [7, 11) is 1.67. The maximum absolute atomic E-state index is 11.6. The number of carbonyl (C=O) groups excluding carboxylic acids is 1. The van der Waals surface area contributed by atoms with Gasteiger partial charge in [-0.3, -0.25) is 4.79 Å². The molecule has 6 nitrogen and oxygen atoms in total. The summed E-state index contributed by atoms with van der Waals surface area (Å²) in [5, 5.41) is 7.77. The van der Waals surface area contributed by atoms with Crippen molar-refractivity contribution >= 4 is 5.91 Å². The second-order valence-electron chi connectivity index (χ2n) is 7.16. The number of hydrogen-bond acceptors (Lipinski definition) is 4. The molecule has 144 valence electrons. The SMILES string of the molecule is COc1ccccc1Cc1nc([C@H]2CCC(=O)NC2)n(-c2ccc(C)cc2)n1. The van der Waals surface area contributed by atoms with Gasteiger partial charge in [0.2, 0.25) is 5.91 Å². The van der Waals surface area contributed by atoms with Crippen LogP contribution in [0.25, 0.3) is 5.69 Å². The Morgan fingerprint density at radius 3 is 2.68 bits per heavy atom. The van der Waals surface area contributed by atoms with E-state index in [1.165, 1.54) is 5.56 Å². The Balaban J connectivity index is 1.71. The molecule has 4 rings (SSSR count). The van der Waals surface area contributed by atoms with Gasteiger partial charge in [0.05, 0.1) is 12.8 Å². The third kappa shape index (κ3) is 3.76. The summed E-state index contributed by atoms with van der Waals surface area (Å²) in [4.78, 5) is 16.5. The summed E-state index contributed by atoms with van der Waals surface area (Å²) < 4.78 is 7.39. The van der Waals surface area contributed by atoms with Gasteiger partial charge in [0.1, 0.15) is 11.6 Å². The Hall–Kier alpha value is -3.15.